The van der Waals surface area contributed by atoms with E-state index in [0.717, 1.165) is 25.7 Å². The van der Waals surface area contributed by atoms with Crippen LogP contribution in [0.1, 0.15) is 76.6 Å². The number of unbranched alkanes of at least 4 members (excludes halogenated alkanes) is 4. The van der Waals surface area contributed by atoms with Gasteiger partial charge in [-0.2, -0.15) is 0 Å². The Morgan fingerprint density at radius 2 is 1.79 bits per heavy atom. The number of hydrogen-bond donors (Lipinski definition) is 1. The summed E-state index contributed by atoms with van der Waals surface area (Å²) >= 11 is 0. The van der Waals surface area contributed by atoms with Gasteiger partial charge in [-0.05, 0) is 45.4 Å². The molecule has 134 valence electrons. The lowest BCUT2D eigenvalue weighted by Gasteiger charge is -2.35. The number of hydrogen-bond acceptors (Lipinski definition) is 2. The lowest BCUT2D eigenvalue weighted by Crippen LogP contribution is -2.55. The molecule has 5 heteroatoms. The van der Waals surface area contributed by atoms with Crippen LogP contribution in [0, 0.1) is 5.82 Å². The second-order valence-electron chi connectivity index (χ2n) is 7.02. The Bertz CT molecular complexity index is 553. The maximum atomic E-state index is 13.4. The number of halogens is 1. The fourth-order valence-corrected chi connectivity index (χ4v) is 2.34. The molecule has 0 bridgehead atoms. The number of hydrazine groups is 1. The van der Waals surface area contributed by atoms with Crippen molar-refractivity contribution in [2.45, 2.75) is 71.8 Å². The van der Waals surface area contributed by atoms with Crippen LogP contribution in [0.3, 0.4) is 0 Å². The van der Waals surface area contributed by atoms with Gasteiger partial charge in [-0.3, -0.25) is 15.0 Å². The summed E-state index contributed by atoms with van der Waals surface area (Å²) < 4.78 is 13.4. The molecule has 0 atom stereocenters. The van der Waals surface area contributed by atoms with Crippen molar-refractivity contribution in [2.24, 2.45) is 0 Å². The first kappa shape index (κ1) is 20.1. The zero-order valence-electron chi connectivity index (χ0n) is 15.2. The Morgan fingerprint density at radius 3 is 2.38 bits per heavy atom. The van der Waals surface area contributed by atoms with E-state index < -0.39 is 17.3 Å². The van der Waals surface area contributed by atoms with Gasteiger partial charge in [-0.1, -0.05) is 38.7 Å². The van der Waals surface area contributed by atoms with Crippen LogP contribution in [0.5, 0.6) is 0 Å². The molecule has 0 aromatic heterocycles. The minimum Gasteiger partial charge on any atom is -0.273 e. The summed E-state index contributed by atoms with van der Waals surface area (Å²) in [6, 6.07) is 5.49. The molecule has 1 N–H and O–H groups in total. The van der Waals surface area contributed by atoms with Crippen molar-refractivity contribution in [3.05, 3.63) is 35.6 Å². The van der Waals surface area contributed by atoms with Crippen LogP contribution < -0.4 is 5.43 Å². The van der Waals surface area contributed by atoms with Crippen molar-refractivity contribution in [3.63, 3.8) is 0 Å². The Balaban J connectivity index is 2.69. The summed E-state index contributed by atoms with van der Waals surface area (Å²) in [6.07, 6.45) is 5.65. The van der Waals surface area contributed by atoms with Crippen molar-refractivity contribution < 1.29 is 14.0 Å². The first-order valence-corrected chi connectivity index (χ1v) is 8.65. The zero-order chi connectivity index (χ0) is 18.2. The first-order valence-electron chi connectivity index (χ1n) is 8.65. The van der Waals surface area contributed by atoms with E-state index in [0.29, 0.717) is 6.42 Å². The summed E-state index contributed by atoms with van der Waals surface area (Å²) in [5, 5.41) is 1.29. The molecule has 0 saturated heterocycles. The van der Waals surface area contributed by atoms with Gasteiger partial charge in [0, 0.05) is 12.0 Å². The topological polar surface area (TPSA) is 49.4 Å². The number of nitrogens with zero attached hydrogens (tertiary/aromatic N) is 1. The molecule has 2 amide bonds. The van der Waals surface area contributed by atoms with Crippen LogP contribution in [0.2, 0.25) is 0 Å². The molecule has 0 spiro atoms. The molecule has 0 radical (unpaired) electrons. The van der Waals surface area contributed by atoms with E-state index in [4.69, 9.17) is 0 Å². The zero-order valence-corrected chi connectivity index (χ0v) is 15.2. The molecule has 1 aromatic carbocycles. The molecule has 0 unspecified atom stereocenters. The Hall–Kier alpha value is -1.91. The molecule has 24 heavy (non-hydrogen) atoms. The summed E-state index contributed by atoms with van der Waals surface area (Å²) in [5.41, 5.74) is 2.29. The Labute approximate surface area is 144 Å². The van der Waals surface area contributed by atoms with Crippen LogP contribution in [0.15, 0.2) is 24.3 Å². The molecule has 0 fully saturated rings. The van der Waals surface area contributed by atoms with Gasteiger partial charge < -0.3 is 0 Å². The SMILES string of the molecule is CCCCCCCC(=O)NN(C(=O)c1cccc(F)c1)C(C)(C)C. The summed E-state index contributed by atoms with van der Waals surface area (Å²) in [6.45, 7) is 7.62. The molecular weight excluding hydrogens is 307 g/mol. The molecule has 4 nitrogen and oxygen atoms in total. The van der Waals surface area contributed by atoms with Crippen molar-refractivity contribution in [3.8, 4) is 0 Å². The standard InChI is InChI=1S/C19H29FN2O2/c1-5-6-7-8-9-13-17(23)21-22(19(2,3)4)18(24)15-11-10-12-16(20)14-15/h10-12,14H,5-9,13H2,1-4H3,(H,21,23). The largest absolute Gasteiger partial charge is 0.273 e. The highest BCUT2D eigenvalue weighted by molar-refractivity contribution is 5.95. The first-order chi connectivity index (χ1) is 11.3. The number of benzene rings is 1. The predicted molar refractivity (Wildman–Crippen MR) is 93.8 cm³/mol. The molecule has 1 aromatic rings. The average Bonchev–Trinajstić information content (AvgIpc) is 2.50. The number of carbonyl (C=O) groups excluding carboxylic acids is 2. The monoisotopic (exact) mass is 336 g/mol. The Kier molecular flexibility index (Phi) is 7.89. The number of nitrogens with one attached hydrogen (secondary N) is 1. The van der Waals surface area contributed by atoms with Crippen LogP contribution in [-0.2, 0) is 4.79 Å². The molecule has 1 rings (SSSR count). The average molecular weight is 336 g/mol. The van der Waals surface area contributed by atoms with Gasteiger partial charge >= 0.3 is 0 Å². The highest BCUT2D eigenvalue weighted by Crippen LogP contribution is 2.16. The van der Waals surface area contributed by atoms with Crippen LogP contribution in [0.25, 0.3) is 0 Å². The third-order valence-corrected chi connectivity index (χ3v) is 3.69. The second-order valence-corrected chi connectivity index (χ2v) is 7.02. The second kappa shape index (κ2) is 9.40. The van der Waals surface area contributed by atoms with E-state index in [1.807, 2.05) is 20.8 Å². The lowest BCUT2D eigenvalue weighted by molar-refractivity contribution is -0.127. The van der Waals surface area contributed by atoms with Gasteiger partial charge in [-0.15, -0.1) is 0 Å². The number of carbonyl (C=O) groups is 2. The van der Waals surface area contributed by atoms with E-state index in [9.17, 15) is 14.0 Å². The maximum Gasteiger partial charge on any atom is 0.272 e. The van der Waals surface area contributed by atoms with Crippen molar-refractivity contribution in [1.29, 1.82) is 0 Å². The smallest absolute Gasteiger partial charge is 0.272 e. The molecule has 0 aliphatic heterocycles. The molecule has 0 saturated carbocycles. The van der Waals surface area contributed by atoms with Crippen LogP contribution in [-0.4, -0.2) is 22.4 Å². The highest BCUT2D eigenvalue weighted by atomic mass is 19.1. The van der Waals surface area contributed by atoms with E-state index in [1.165, 1.54) is 29.6 Å². The van der Waals surface area contributed by atoms with Crippen LogP contribution in [0.4, 0.5) is 4.39 Å². The highest BCUT2D eigenvalue weighted by Gasteiger charge is 2.29. The van der Waals surface area contributed by atoms with Crippen LogP contribution >= 0.6 is 0 Å². The van der Waals surface area contributed by atoms with E-state index in [-0.39, 0.29) is 11.5 Å². The minimum absolute atomic E-state index is 0.189. The molecule has 0 heterocycles. The van der Waals surface area contributed by atoms with Gasteiger partial charge in [0.25, 0.3) is 5.91 Å². The molecule has 0 aliphatic rings. The quantitative estimate of drug-likeness (QED) is 0.590. The van der Waals surface area contributed by atoms with Gasteiger partial charge in [0.15, 0.2) is 0 Å². The summed E-state index contributed by atoms with van der Waals surface area (Å²) in [4.78, 5) is 24.8. The van der Waals surface area contributed by atoms with Gasteiger partial charge in [0.1, 0.15) is 5.82 Å². The lowest BCUT2D eigenvalue weighted by atomic mass is 10.1. The fourth-order valence-electron chi connectivity index (χ4n) is 2.34. The van der Waals surface area contributed by atoms with E-state index in [1.54, 1.807) is 6.07 Å². The number of amides is 2. The van der Waals surface area contributed by atoms with Crippen molar-refractivity contribution in [1.82, 2.24) is 10.4 Å². The third kappa shape index (κ3) is 6.69. The summed E-state index contributed by atoms with van der Waals surface area (Å²) in [5.74, 6) is -1.08. The van der Waals surface area contributed by atoms with Gasteiger partial charge in [-0.25, -0.2) is 9.40 Å². The van der Waals surface area contributed by atoms with Crippen molar-refractivity contribution in [2.75, 3.05) is 0 Å². The Morgan fingerprint density at radius 1 is 1.12 bits per heavy atom. The van der Waals surface area contributed by atoms with E-state index >= 15 is 0 Å². The normalized spacial score (nSPS) is 11.2. The summed E-state index contributed by atoms with van der Waals surface area (Å²) in [7, 11) is 0. The van der Waals surface area contributed by atoms with E-state index in [2.05, 4.69) is 12.3 Å². The fraction of sp³-hybridized carbons (Fsp3) is 0.579. The van der Waals surface area contributed by atoms with Gasteiger partial charge in [0.2, 0.25) is 5.91 Å². The third-order valence-electron chi connectivity index (χ3n) is 3.69. The minimum atomic E-state index is -0.610. The van der Waals surface area contributed by atoms with Crippen molar-refractivity contribution >= 4 is 11.8 Å². The molecular formula is C19H29FN2O2. The maximum absolute atomic E-state index is 13.4. The van der Waals surface area contributed by atoms with Gasteiger partial charge in [0.05, 0.1) is 5.54 Å². The molecule has 0 aliphatic carbocycles. The number of rotatable bonds is 7. The predicted octanol–water partition coefficient (Wildman–Crippen LogP) is 4.46.